The van der Waals surface area contributed by atoms with Crippen LogP contribution in [0.1, 0.15) is 12.0 Å². The van der Waals surface area contributed by atoms with Crippen LogP contribution in [0.15, 0.2) is 30.3 Å². The molecular formula is C13H15NO6. The molecule has 0 aliphatic heterocycles. The highest BCUT2D eigenvalue weighted by Crippen LogP contribution is 2.03. The molecule has 1 rings (SSSR count). The first-order valence-electron chi connectivity index (χ1n) is 5.79. The Bertz CT molecular complexity index is 473. The van der Waals surface area contributed by atoms with Crippen LogP contribution < -0.4 is 5.32 Å². The predicted molar refractivity (Wildman–Crippen MR) is 67.8 cm³/mol. The number of ether oxygens (including phenoxy) is 2. The number of carboxylic acids is 1. The summed E-state index contributed by atoms with van der Waals surface area (Å²) < 4.78 is 9.21. The molecule has 20 heavy (non-hydrogen) atoms. The van der Waals surface area contributed by atoms with Crippen molar-refractivity contribution in [2.75, 3.05) is 7.11 Å². The lowest BCUT2D eigenvalue weighted by atomic mass is 10.2. The number of amides is 1. The number of rotatable bonds is 6. The molecule has 0 fully saturated rings. The third kappa shape index (κ3) is 5.38. The lowest BCUT2D eigenvalue weighted by Crippen LogP contribution is -2.42. The molecule has 0 spiro atoms. The number of carboxylic acid groups (broad SMARTS) is 1. The fourth-order valence-electron chi connectivity index (χ4n) is 1.36. The number of carbonyl (C=O) groups excluding carboxylic acids is 2. The van der Waals surface area contributed by atoms with Crippen molar-refractivity contribution in [1.82, 2.24) is 5.32 Å². The van der Waals surface area contributed by atoms with E-state index in [1.807, 2.05) is 11.4 Å². The Labute approximate surface area is 115 Å². The second-order valence-electron chi connectivity index (χ2n) is 3.88. The van der Waals surface area contributed by atoms with Gasteiger partial charge in [0.05, 0.1) is 13.5 Å². The number of methoxy groups -OCH3 is 1. The first-order chi connectivity index (χ1) is 9.52. The van der Waals surface area contributed by atoms with Crippen LogP contribution in [-0.4, -0.2) is 36.3 Å². The molecule has 7 heteroatoms. The van der Waals surface area contributed by atoms with E-state index in [0.717, 1.165) is 12.7 Å². The van der Waals surface area contributed by atoms with E-state index < -0.39 is 30.5 Å². The number of aliphatic carboxylic acids is 1. The van der Waals surface area contributed by atoms with E-state index in [4.69, 9.17) is 9.84 Å². The van der Waals surface area contributed by atoms with E-state index in [2.05, 4.69) is 4.74 Å². The van der Waals surface area contributed by atoms with Gasteiger partial charge in [-0.25, -0.2) is 9.59 Å². The smallest absolute Gasteiger partial charge is 0.407 e. The minimum atomic E-state index is -1.38. The number of esters is 1. The molecule has 0 saturated carbocycles. The van der Waals surface area contributed by atoms with Crippen molar-refractivity contribution in [3.8, 4) is 0 Å². The average molecular weight is 281 g/mol. The maximum atomic E-state index is 11.5. The molecule has 0 bridgehead atoms. The van der Waals surface area contributed by atoms with Crippen molar-refractivity contribution in [3.05, 3.63) is 35.9 Å². The first-order valence-corrected chi connectivity index (χ1v) is 5.79. The number of carbonyl (C=O) groups is 3. The fraction of sp³-hybridized carbons (Fsp3) is 0.308. The highest BCUT2D eigenvalue weighted by Gasteiger charge is 2.24. The molecular weight excluding hydrogens is 266 g/mol. The maximum Gasteiger partial charge on any atom is 0.407 e. The summed E-state index contributed by atoms with van der Waals surface area (Å²) in [4.78, 5) is 33.3. The normalized spacial score (nSPS) is 11.2. The zero-order chi connectivity index (χ0) is 15.0. The van der Waals surface area contributed by atoms with Crippen molar-refractivity contribution < 1.29 is 29.0 Å². The van der Waals surface area contributed by atoms with Gasteiger partial charge in [0.2, 0.25) is 0 Å². The number of nitrogens with one attached hydrogen (secondary N) is 1. The van der Waals surface area contributed by atoms with Gasteiger partial charge in [-0.2, -0.15) is 0 Å². The van der Waals surface area contributed by atoms with Gasteiger partial charge in [-0.15, -0.1) is 0 Å². The van der Waals surface area contributed by atoms with Gasteiger partial charge in [-0.3, -0.25) is 4.79 Å². The number of hydrogen-bond donors (Lipinski definition) is 2. The first kappa shape index (κ1) is 15.5. The van der Waals surface area contributed by atoms with E-state index in [9.17, 15) is 14.4 Å². The van der Waals surface area contributed by atoms with Gasteiger partial charge in [-0.05, 0) is 5.56 Å². The van der Waals surface area contributed by atoms with Crippen LogP contribution in [0.25, 0.3) is 0 Å². The largest absolute Gasteiger partial charge is 0.480 e. The van der Waals surface area contributed by atoms with E-state index in [1.165, 1.54) is 0 Å². The van der Waals surface area contributed by atoms with Crippen LogP contribution in [0.4, 0.5) is 4.79 Å². The Morgan fingerprint density at radius 2 is 1.90 bits per heavy atom. The number of alkyl carbamates (subject to hydrolysis) is 1. The predicted octanol–water partition coefficient (Wildman–Crippen LogP) is 0.929. The van der Waals surface area contributed by atoms with Crippen LogP contribution in [0.5, 0.6) is 0 Å². The van der Waals surface area contributed by atoms with Gasteiger partial charge in [-0.1, -0.05) is 30.3 Å². The topological polar surface area (TPSA) is 102 Å². The molecule has 0 unspecified atom stereocenters. The number of benzene rings is 1. The van der Waals surface area contributed by atoms with Crippen molar-refractivity contribution in [1.29, 1.82) is 0 Å². The minimum absolute atomic E-state index is 0.0459. The van der Waals surface area contributed by atoms with Crippen LogP contribution >= 0.6 is 0 Å². The maximum absolute atomic E-state index is 11.5. The minimum Gasteiger partial charge on any atom is -0.480 e. The van der Waals surface area contributed by atoms with Gasteiger partial charge < -0.3 is 19.9 Å². The van der Waals surface area contributed by atoms with Gasteiger partial charge >= 0.3 is 18.0 Å². The Balaban J connectivity index is 2.46. The van der Waals surface area contributed by atoms with E-state index in [0.29, 0.717) is 0 Å². The van der Waals surface area contributed by atoms with Crippen LogP contribution in [0, 0.1) is 0 Å². The zero-order valence-electron chi connectivity index (χ0n) is 10.9. The molecule has 1 atom stereocenters. The summed E-state index contributed by atoms with van der Waals surface area (Å²) >= 11 is 0. The van der Waals surface area contributed by atoms with Crippen LogP contribution in [-0.2, 0) is 25.7 Å². The summed E-state index contributed by atoms with van der Waals surface area (Å²) in [5, 5.41) is 10.9. The molecule has 1 amide bonds. The Morgan fingerprint density at radius 3 is 2.45 bits per heavy atom. The van der Waals surface area contributed by atoms with Crippen molar-refractivity contribution >= 4 is 18.0 Å². The van der Waals surface area contributed by atoms with E-state index in [-0.39, 0.29) is 6.61 Å². The molecule has 0 radical (unpaired) electrons. The fourth-order valence-corrected chi connectivity index (χ4v) is 1.36. The van der Waals surface area contributed by atoms with Crippen LogP contribution in [0.3, 0.4) is 0 Å². The summed E-state index contributed by atoms with van der Waals surface area (Å²) in [6.07, 6.45) is -1.40. The summed E-state index contributed by atoms with van der Waals surface area (Å²) in [7, 11) is 1.10. The van der Waals surface area contributed by atoms with E-state index in [1.54, 1.807) is 24.3 Å². The molecule has 1 aromatic carbocycles. The molecule has 7 nitrogen and oxygen atoms in total. The molecule has 1 aromatic rings. The van der Waals surface area contributed by atoms with Crippen LogP contribution in [0.2, 0.25) is 0 Å². The Morgan fingerprint density at radius 1 is 1.25 bits per heavy atom. The van der Waals surface area contributed by atoms with Gasteiger partial charge in [0.15, 0.2) is 0 Å². The van der Waals surface area contributed by atoms with Gasteiger partial charge in [0.1, 0.15) is 12.6 Å². The summed E-state index contributed by atoms with van der Waals surface area (Å²) in [5.41, 5.74) is 0.786. The average Bonchev–Trinajstić information content (AvgIpc) is 2.45. The molecule has 0 heterocycles. The molecule has 0 saturated heterocycles. The summed E-state index contributed by atoms with van der Waals surface area (Å²) in [6, 6.07) is 7.57. The van der Waals surface area contributed by atoms with Crippen molar-refractivity contribution in [3.63, 3.8) is 0 Å². The highest BCUT2D eigenvalue weighted by molar-refractivity contribution is 5.85. The quantitative estimate of drug-likeness (QED) is 0.752. The number of hydrogen-bond acceptors (Lipinski definition) is 5. The zero-order valence-corrected chi connectivity index (χ0v) is 10.9. The van der Waals surface area contributed by atoms with Gasteiger partial charge in [0, 0.05) is 0 Å². The second kappa shape index (κ2) is 7.78. The third-order valence-corrected chi connectivity index (χ3v) is 2.39. The third-order valence-electron chi connectivity index (χ3n) is 2.39. The molecule has 2 N–H and O–H groups in total. The second-order valence-corrected chi connectivity index (χ2v) is 3.88. The molecule has 0 aliphatic rings. The van der Waals surface area contributed by atoms with Crippen molar-refractivity contribution in [2.45, 2.75) is 19.1 Å². The molecule has 108 valence electrons. The Hall–Kier alpha value is -2.57. The summed E-state index contributed by atoms with van der Waals surface area (Å²) in [6.45, 7) is 0.0459. The van der Waals surface area contributed by atoms with Gasteiger partial charge in [0.25, 0.3) is 0 Å². The lowest BCUT2D eigenvalue weighted by molar-refractivity contribution is -0.150. The Kier molecular flexibility index (Phi) is 6.02. The van der Waals surface area contributed by atoms with E-state index >= 15 is 0 Å². The summed E-state index contributed by atoms with van der Waals surface area (Å²) in [5.74, 6) is -2.07. The standard InChI is InChI=1S/C13H15NO6/c1-19-13(18)14-10(12(16)17)7-11(15)20-8-9-5-3-2-4-6-9/h2-6,10H,7-8H2,1H3,(H,14,18)(H,16,17)/t10-/m0/s1. The van der Waals surface area contributed by atoms with Crippen molar-refractivity contribution in [2.24, 2.45) is 0 Å². The lowest BCUT2D eigenvalue weighted by Gasteiger charge is -2.13. The monoisotopic (exact) mass is 281 g/mol. The molecule has 0 aliphatic carbocycles. The SMILES string of the molecule is COC(=O)N[C@@H](CC(=O)OCc1ccccc1)C(=O)O. The highest BCUT2D eigenvalue weighted by atomic mass is 16.5. The molecule has 0 aromatic heterocycles.